The number of benzene rings is 1. The average molecular weight is 399 g/mol. The van der Waals surface area contributed by atoms with Crippen molar-refractivity contribution < 1.29 is 4.79 Å². The molecule has 2 heterocycles. The third-order valence-electron chi connectivity index (χ3n) is 5.90. The maximum absolute atomic E-state index is 12.3. The zero-order valence-corrected chi connectivity index (χ0v) is 18.0. The number of hydrogen-bond acceptors (Lipinski definition) is 4. The molecule has 5 nitrogen and oxygen atoms in total. The molecule has 0 atom stereocenters. The molecule has 6 heteroatoms. The Morgan fingerprint density at radius 2 is 1.75 bits per heavy atom. The van der Waals surface area contributed by atoms with Crippen LogP contribution in [-0.2, 0) is 10.2 Å². The lowest BCUT2D eigenvalue weighted by molar-refractivity contribution is -0.131. The largest absolute Gasteiger partial charge is 0.342 e. The average Bonchev–Trinajstić information content (AvgIpc) is 3.27. The summed E-state index contributed by atoms with van der Waals surface area (Å²) in [7, 11) is 0. The molecular weight excluding hydrogens is 368 g/mol. The summed E-state index contributed by atoms with van der Waals surface area (Å²) in [5.41, 5.74) is 2.56. The van der Waals surface area contributed by atoms with E-state index in [-0.39, 0.29) is 11.3 Å². The standard InChI is InChI=1S/C22H30N4OS/c1-22(2,3)17-11-9-16(10-12-17)20-23-24-21(26(20)18-7-4-5-8-18)28-15-19(27)25-13-6-14-25/h9-12,18H,4-8,13-15H2,1-3H3. The van der Waals surface area contributed by atoms with E-state index in [0.717, 1.165) is 36.1 Å². The van der Waals surface area contributed by atoms with E-state index < -0.39 is 0 Å². The van der Waals surface area contributed by atoms with E-state index in [4.69, 9.17) is 0 Å². The molecular formula is C22H30N4OS. The lowest BCUT2D eigenvalue weighted by Crippen LogP contribution is -2.43. The molecule has 0 N–H and O–H groups in total. The summed E-state index contributed by atoms with van der Waals surface area (Å²) >= 11 is 1.54. The summed E-state index contributed by atoms with van der Waals surface area (Å²) in [6.45, 7) is 8.49. The van der Waals surface area contributed by atoms with Crippen LogP contribution in [0.2, 0.25) is 0 Å². The molecule has 1 saturated carbocycles. The SMILES string of the molecule is CC(C)(C)c1ccc(-c2nnc(SCC(=O)N3CCC3)n2C2CCCC2)cc1. The predicted molar refractivity (Wildman–Crippen MR) is 114 cm³/mol. The van der Waals surface area contributed by atoms with E-state index in [1.165, 1.54) is 31.2 Å². The minimum Gasteiger partial charge on any atom is -0.342 e. The highest BCUT2D eigenvalue weighted by atomic mass is 32.2. The number of likely N-dealkylation sites (tertiary alicyclic amines) is 1. The quantitative estimate of drug-likeness (QED) is 0.686. The molecule has 0 unspecified atom stereocenters. The van der Waals surface area contributed by atoms with E-state index in [1.807, 2.05) is 4.90 Å². The van der Waals surface area contributed by atoms with E-state index in [0.29, 0.717) is 11.8 Å². The molecule has 2 aromatic rings. The van der Waals surface area contributed by atoms with Crippen molar-refractivity contribution in [2.24, 2.45) is 0 Å². The summed E-state index contributed by atoms with van der Waals surface area (Å²) < 4.78 is 2.30. The lowest BCUT2D eigenvalue weighted by Gasteiger charge is -2.30. The maximum Gasteiger partial charge on any atom is 0.233 e. The van der Waals surface area contributed by atoms with Gasteiger partial charge in [0.05, 0.1) is 5.75 Å². The van der Waals surface area contributed by atoms with Gasteiger partial charge in [0.2, 0.25) is 5.91 Å². The number of amides is 1. The van der Waals surface area contributed by atoms with Gasteiger partial charge in [-0.3, -0.25) is 9.36 Å². The van der Waals surface area contributed by atoms with Crippen LogP contribution in [0.1, 0.15) is 64.5 Å². The molecule has 1 aliphatic carbocycles. The van der Waals surface area contributed by atoms with E-state index in [9.17, 15) is 4.79 Å². The summed E-state index contributed by atoms with van der Waals surface area (Å²) in [5, 5.41) is 9.92. The predicted octanol–water partition coefficient (Wildman–Crippen LogP) is 4.68. The Morgan fingerprint density at radius 3 is 2.32 bits per heavy atom. The van der Waals surface area contributed by atoms with Crippen molar-refractivity contribution >= 4 is 17.7 Å². The molecule has 1 aromatic carbocycles. The zero-order valence-electron chi connectivity index (χ0n) is 17.1. The second kappa shape index (κ2) is 7.90. The van der Waals surface area contributed by atoms with Gasteiger partial charge >= 0.3 is 0 Å². The fourth-order valence-electron chi connectivity index (χ4n) is 3.97. The summed E-state index contributed by atoms with van der Waals surface area (Å²) in [6, 6.07) is 9.16. The van der Waals surface area contributed by atoms with Crippen LogP contribution < -0.4 is 0 Å². The second-order valence-corrected chi connectivity index (χ2v) is 9.91. The van der Waals surface area contributed by atoms with Crippen molar-refractivity contribution in [3.8, 4) is 11.4 Å². The first-order valence-corrected chi connectivity index (χ1v) is 11.4. The van der Waals surface area contributed by atoms with Gasteiger partial charge in [0, 0.05) is 24.7 Å². The molecule has 2 aliphatic rings. The highest BCUT2D eigenvalue weighted by molar-refractivity contribution is 7.99. The van der Waals surface area contributed by atoms with Crippen LogP contribution >= 0.6 is 11.8 Å². The van der Waals surface area contributed by atoms with Gasteiger partial charge in [-0.1, -0.05) is 69.6 Å². The number of rotatable bonds is 5. The van der Waals surface area contributed by atoms with Gasteiger partial charge in [-0.15, -0.1) is 10.2 Å². The van der Waals surface area contributed by atoms with Crippen molar-refractivity contribution in [1.82, 2.24) is 19.7 Å². The van der Waals surface area contributed by atoms with Gasteiger partial charge in [0.25, 0.3) is 0 Å². The fourth-order valence-corrected chi connectivity index (χ4v) is 4.87. The third kappa shape index (κ3) is 3.97. The van der Waals surface area contributed by atoms with Crippen molar-refractivity contribution in [2.45, 2.75) is 69.5 Å². The highest BCUT2D eigenvalue weighted by Crippen LogP contribution is 2.37. The molecule has 2 fully saturated rings. The summed E-state index contributed by atoms with van der Waals surface area (Å²) in [6.07, 6.45) is 5.96. The van der Waals surface area contributed by atoms with Crippen LogP contribution in [-0.4, -0.2) is 44.4 Å². The van der Waals surface area contributed by atoms with E-state index in [2.05, 4.69) is 59.8 Å². The normalized spacial score (nSPS) is 17.8. The first-order chi connectivity index (χ1) is 13.4. The molecule has 0 spiro atoms. The molecule has 1 amide bonds. The minimum atomic E-state index is 0.135. The molecule has 4 rings (SSSR count). The third-order valence-corrected chi connectivity index (χ3v) is 6.82. The number of nitrogens with zero attached hydrogens (tertiary/aromatic N) is 4. The Hall–Kier alpha value is -1.82. The molecule has 0 bridgehead atoms. The Bertz CT molecular complexity index is 827. The summed E-state index contributed by atoms with van der Waals surface area (Å²) in [5.74, 6) is 1.60. The van der Waals surface area contributed by atoms with E-state index in [1.54, 1.807) is 11.8 Å². The van der Waals surface area contributed by atoms with Crippen LogP contribution in [0.3, 0.4) is 0 Å². The minimum absolute atomic E-state index is 0.135. The summed E-state index contributed by atoms with van der Waals surface area (Å²) in [4.78, 5) is 14.2. The Labute approximate surface area is 171 Å². The van der Waals surface area contributed by atoms with Crippen LogP contribution in [0.15, 0.2) is 29.4 Å². The van der Waals surface area contributed by atoms with Crippen molar-refractivity contribution in [1.29, 1.82) is 0 Å². The number of thioether (sulfide) groups is 1. The van der Waals surface area contributed by atoms with Crippen LogP contribution in [0, 0.1) is 0 Å². The van der Waals surface area contributed by atoms with Gasteiger partial charge < -0.3 is 4.90 Å². The lowest BCUT2D eigenvalue weighted by atomic mass is 9.86. The molecule has 150 valence electrons. The Morgan fingerprint density at radius 1 is 1.07 bits per heavy atom. The van der Waals surface area contributed by atoms with E-state index >= 15 is 0 Å². The second-order valence-electron chi connectivity index (χ2n) is 8.96. The molecule has 28 heavy (non-hydrogen) atoms. The fraction of sp³-hybridized carbons (Fsp3) is 0.591. The first kappa shape index (κ1) is 19.5. The monoisotopic (exact) mass is 398 g/mol. The smallest absolute Gasteiger partial charge is 0.233 e. The van der Waals surface area contributed by atoms with Gasteiger partial charge in [-0.05, 0) is 30.2 Å². The molecule has 1 aromatic heterocycles. The van der Waals surface area contributed by atoms with Crippen molar-refractivity contribution in [3.63, 3.8) is 0 Å². The molecule has 0 radical (unpaired) electrons. The topological polar surface area (TPSA) is 51.0 Å². The van der Waals surface area contributed by atoms with Gasteiger partial charge in [0.1, 0.15) is 0 Å². The van der Waals surface area contributed by atoms with Crippen LogP contribution in [0.5, 0.6) is 0 Å². The van der Waals surface area contributed by atoms with Crippen LogP contribution in [0.4, 0.5) is 0 Å². The van der Waals surface area contributed by atoms with Gasteiger partial charge in [0.15, 0.2) is 11.0 Å². The van der Waals surface area contributed by atoms with Crippen molar-refractivity contribution in [2.75, 3.05) is 18.8 Å². The molecule has 1 aliphatic heterocycles. The number of carbonyl (C=O) groups excluding carboxylic acids is 1. The molecule has 1 saturated heterocycles. The zero-order chi connectivity index (χ0) is 19.7. The van der Waals surface area contributed by atoms with Gasteiger partial charge in [-0.2, -0.15) is 0 Å². The Kier molecular flexibility index (Phi) is 5.50. The van der Waals surface area contributed by atoms with Crippen LogP contribution in [0.25, 0.3) is 11.4 Å². The van der Waals surface area contributed by atoms with Crippen molar-refractivity contribution in [3.05, 3.63) is 29.8 Å². The first-order valence-electron chi connectivity index (χ1n) is 10.4. The maximum atomic E-state index is 12.3. The van der Waals surface area contributed by atoms with Gasteiger partial charge in [-0.25, -0.2) is 0 Å². The number of aromatic nitrogens is 3. The number of hydrogen-bond donors (Lipinski definition) is 0. The number of carbonyl (C=O) groups is 1. The Balaban J connectivity index is 1.59. The highest BCUT2D eigenvalue weighted by Gasteiger charge is 2.27.